The molecule has 3 heterocycles. The van der Waals surface area contributed by atoms with Crippen LogP contribution in [0.25, 0.3) is 10.9 Å². The molecule has 0 aliphatic carbocycles. The van der Waals surface area contributed by atoms with Gasteiger partial charge in [-0.3, -0.25) is 15.0 Å². The molecule has 0 amide bonds. The van der Waals surface area contributed by atoms with Gasteiger partial charge in [-0.1, -0.05) is 35.9 Å². The molecule has 1 atom stereocenters. The zero-order chi connectivity index (χ0) is 21.0. The Morgan fingerprint density at radius 1 is 1.10 bits per heavy atom. The molecule has 0 unspecified atom stereocenters. The summed E-state index contributed by atoms with van der Waals surface area (Å²) in [5, 5.41) is 9.60. The summed E-state index contributed by atoms with van der Waals surface area (Å²) in [7, 11) is 0. The fourth-order valence-corrected chi connectivity index (χ4v) is 4.44. The number of likely N-dealkylation sites (tertiary alicyclic amines) is 1. The van der Waals surface area contributed by atoms with E-state index in [2.05, 4.69) is 50.4 Å². The van der Waals surface area contributed by atoms with Gasteiger partial charge in [0.15, 0.2) is 0 Å². The number of nitrogens with one attached hydrogen (secondary N) is 1. The monoisotopic (exact) mass is 432 g/mol. The van der Waals surface area contributed by atoms with Gasteiger partial charge in [0.2, 0.25) is 0 Å². The predicted octanol–water partition coefficient (Wildman–Crippen LogP) is 5.22. The standard InChI is InChI=1S/C25H25ClN4O/c26-22-5-1-2-6-25(22)31-13-10-21-15-24(29-28-21)20-9-12-30(17-20)16-18-7-8-23-19(14-18)4-3-11-27-23/h1-8,11,14-15,20H,9-10,12-13,16-17H2,(H,28,29)/t20-/m0/s1. The van der Waals surface area contributed by atoms with Crippen LogP contribution in [0, 0.1) is 0 Å². The van der Waals surface area contributed by atoms with E-state index >= 15 is 0 Å². The average Bonchev–Trinajstić information content (AvgIpc) is 3.45. The fourth-order valence-electron chi connectivity index (χ4n) is 4.25. The maximum absolute atomic E-state index is 6.14. The van der Waals surface area contributed by atoms with Crippen molar-refractivity contribution in [3.8, 4) is 5.75 Å². The number of ether oxygens (including phenoxy) is 1. The van der Waals surface area contributed by atoms with Crippen LogP contribution in [0.15, 0.2) is 66.9 Å². The first kappa shape index (κ1) is 20.0. The van der Waals surface area contributed by atoms with Gasteiger partial charge >= 0.3 is 0 Å². The van der Waals surface area contributed by atoms with E-state index in [-0.39, 0.29) is 0 Å². The van der Waals surface area contributed by atoms with Gasteiger partial charge in [-0.15, -0.1) is 0 Å². The molecule has 5 nitrogen and oxygen atoms in total. The van der Waals surface area contributed by atoms with Crippen molar-refractivity contribution in [1.29, 1.82) is 0 Å². The van der Waals surface area contributed by atoms with Crippen LogP contribution < -0.4 is 4.74 Å². The van der Waals surface area contributed by atoms with Crippen LogP contribution in [-0.4, -0.2) is 39.8 Å². The van der Waals surface area contributed by atoms with Gasteiger partial charge in [0, 0.05) is 42.7 Å². The lowest BCUT2D eigenvalue weighted by Crippen LogP contribution is -2.19. The second-order valence-electron chi connectivity index (χ2n) is 8.10. The van der Waals surface area contributed by atoms with Crippen LogP contribution >= 0.6 is 11.6 Å². The van der Waals surface area contributed by atoms with Crippen molar-refractivity contribution in [2.24, 2.45) is 0 Å². The zero-order valence-corrected chi connectivity index (χ0v) is 18.1. The third kappa shape index (κ3) is 4.73. The maximum atomic E-state index is 6.14. The number of aromatic nitrogens is 3. The molecule has 1 N–H and O–H groups in total. The lowest BCUT2D eigenvalue weighted by atomic mass is 10.0. The van der Waals surface area contributed by atoms with Crippen molar-refractivity contribution in [1.82, 2.24) is 20.1 Å². The number of fused-ring (bicyclic) bond motifs is 1. The number of nitrogens with zero attached hydrogens (tertiary/aromatic N) is 3. The largest absolute Gasteiger partial charge is 0.492 e. The average molecular weight is 433 g/mol. The van der Waals surface area contributed by atoms with Crippen LogP contribution in [-0.2, 0) is 13.0 Å². The van der Waals surface area contributed by atoms with Gasteiger partial charge in [-0.2, -0.15) is 5.10 Å². The molecule has 2 aromatic heterocycles. The lowest BCUT2D eigenvalue weighted by molar-refractivity contribution is 0.320. The number of pyridine rings is 1. The van der Waals surface area contributed by atoms with Gasteiger partial charge in [-0.25, -0.2) is 0 Å². The molecule has 1 fully saturated rings. The summed E-state index contributed by atoms with van der Waals surface area (Å²) in [6.45, 7) is 3.66. The minimum Gasteiger partial charge on any atom is -0.492 e. The molecule has 1 saturated heterocycles. The Morgan fingerprint density at radius 3 is 2.97 bits per heavy atom. The van der Waals surface area contributed by atoms with E-state index in [1.165, 1.54) is 10.9 Å². The number of rotatable bonds is 7. The van der Waals surface area contributed by atoms with Gasteiger partial charge in [-0.05, 0) is 54.9 Å². The van der Waals surface area contributed by atoms with E-state index in [1.54, 1.807) is 0 Å². The third-order valence-corrected chi connectivity index (χ3v) is 6.19. The SMILES string of the molecule is Clc1ccccc1OCCc1cc([C@H]2CCN(Cc3ccc4ncccc4c3)C2)n[nH]1. The summed E-state index contributed by atoms with van der Waals surface area (Å²) in [5.74, 6) is 1.19. The molecule has 0 radical (unpaired) electrons. The summed E-state index contributed by atoms with van der Waals surface area (Å²) < 4.78 is 5.80. The molecule has 1 aliphatic heterocycles. The number of halogens is 1. The van der Waals surface area contributed by atoms with E-state index in [4.69, 9.17) is 16.3 Å². The van der Waals surface area contributed by atoms with Crippen LogP contribution in [0.3, 0.4) is 0 Å². The Hall–Kier alpha value is -2.89. The van der Waals surface area contributed by atoms with Gasteiger partial charge in [0.1, 0.15) is 5.75 Å². The molecule has 0 spiro atoms. The van der Waals surface area contributed by atoms with Gasteiger partial charge in [0.25, 0.3) is 0 Å². The molecule has 0 bridgehead atoms. The summed E-state index contributed by atoms with van der Waals surface area (Å²) in [5.41, 5.74) is 4.63. The molecule has 5 rings (SSSR count). The van der Waals surface area contributed by atoms with E-state index < -0.39 is 0 Å². The topological polar surface area (TPSA) is 54.0 Å². The highest BCUT2D eigenvalue weighted by molar-refractivity contribution is 6.32. The van der Waals surface area contributed by atoms with E-state index in [9.17, 15) is 0 Å². The Balaban J connectivity index is 1.15. The molecule has 158 valence electrons. The summed E-state index contributed by atoms with van der Waals surface area (Å²) in [6, 6.07) is 20.4. The number of hydrogen-bond acceptors (Lipinski definition) is 4. The van der Waals surface area contributed by atoms with Gasteiger partial charge in [0.05, 0.1) is 22.8 Å². The molecule has 1 aliphatic rings. The minimum atomic E-state index is 0.469. The Bertz CT molecular complexity index is 1170. The molecule has 31 heavy (non-hydrogen) atoms. The summed E-state index contributed by atoms with van der Waals surface area (Å²) >= 11 is 6.14. The highest BCUT2D eigenvalue weighted by Crippen LogP contribution is 2.28. The molecule has 2 aromatic carbocycles. The number of H-pyrrole nitrogens is 1. The minimum absolute atomic E-state index is 0.469. The van der Waals surface area contributed by atoms with Crippen LogP contribution in [0.4, 0.5) is 0 Å². The number of aromatic amines is 1. The van der Waals surface area contributed by atoms with Crippen molar-refractivity contribution in [2.45, 2.75) is 25.3 Å². The summed E-state index contributed by atoms with van der Waals surface area (Å²) in [4.78, 5) is 6.92. The smallest absolute Gasteiger partial charge is 0.137 e. The van der Waals surface area contributed by atoms with Crippen molar-refractivity contribution in [3.63, 3.8) is 0 Å². The van der Waals surface area contributed by atoms with Gasteiger partial charge < -0.3 is 4.74 Å². The van der Waals surface area contributed by atoms with E-state index in [0.717, 1.165) is 55.1 Å². The lowest BCUT2D eigenvalue weighted by Gasteiger charge is -2.16. The Morgan fingerprint density at radius 2 is 2.03 bits per heavy atom. The summed E-state index contributed by atoms with van der Waals surface area (Å²) in [6.07, 6.45) is 3.75. The second kappa shape index (κ2) is 9.08. The first-order valence-electron chi connectivity index (χ1n) is 10.7. The quantitative estimate of drug-likeness (QED) is 0.435. The first-order chi connectivity index (χ1) is 15.2. The van der Waals surface area contributed by atoms with Crippen molar-refractivity contribution in [3.05, 3.63) is 88.8 Å². The third-order valence-electron chi connectivity index (χ3n) is 5.88. The molecule has 0 saturated carbocycles. The van der Waals surface area contributed by atoms with Crippen molar-refractivity contribution < 1.29 is 4.74 Å². The van der Waals surface area contributed by atoms with Crippen LogP contribution in [0.2, 0.25) is 5.02 Å². The van der Waals surface area contributed by atoms with Crippen LogP contribution in [0.5, 0.6) is 5.75 Å². The zero-order valence-electron chi connectivity index (χ0n) is 17.3. The van der Waals surface area contributed by atoms with Crippen molar-refractivity contribution >= 4 is 22.5 Å². The molecular formula is C25H25ClN4O. The predicted molar refractivity (Wildman–Crippen MR) is 124 cm³/mol. The number of para-hydroxylation sites is 1. The number of hydrogen-bond donors (Lipinski definition) is 1. The van der Waals surface area contributed by atoms with Crippen molar-refractivity contribution in [2.75, 3.05) is 19.7 Å². The van der Waals surface area contributed by atoms with E-state index in [1.807, 2.05) is 36.5 Å². The number of benzene rings is 2. The van der Waals surface area contributed by atoms with Crippen LogP contribution in [0.1, 0.15) is 29.3 Å². The maximum Gasteiger partial charge on any atom is 0.137 e. The molecular weight excluding hydrogens is 408 g/mol. The Kier molecular flexibility index (Phi) is 5.87. The molecule has 6 heteroatoms. The first-order valence-corrected chi connectivity index (χ1v) is 11.1. The Labute approximate surface area is 187 Å². The molecule has 4 aromatic rings. The highest BCUT2D eigenvalue weighted by atomic mass is 35.5. The highest BCUT2D eigenvalue weighted by Gasteiger charge is 2.25. The van der Waals surface area contributed by atoms with E-state index in [0.29, 0.717) is 17.5 Å². The second-order valence-corrected chi connectivity index (χ2v) is 8.51. The normalized spacial score (nSPS) is 16.7. The fraction of sp³-hybridized carbons (Fsp3) is 0.280.